The highest BCUT2D eigenvalue weighted by Crippen LogP contribution is 2.05. The number of rotatable bonds is 4. The second-order valence-electron chi connectivity index (χ2n) is 4.44. The molecule has 1 amide bonds. The minimum Gasteiger partial charge on any atom is -0.402 e. The lowest BCUT2D eigenvalue weighted by Gasteiger charge is -2.35. The highest BCUT2D eigenvalue weighted by Gasteiger charge is 2.18. The van der Waals surface area contributed by atoms with Gasteiger partial charge in [0, 0.05) is 38.9 Å². The normalized spacial score (nSPS) is 18.9. The highest BCUT2D eigenvalue weighted by atomic mass is 16.1. The summed E-state index contributed by atoms with van der Waals surface area (Å²) in [5, 5.41) is 2.63. The van der Waals surface area contributed by atoms with Crippen LogP contribution in [0.2, 0.25) is 0 Å². The molecule has 0 aromatic heterocycles. The molecule has 6 nitrogen and oxygen atoms in total. The van der Waals surface area contributed by atoms with Crippen molar-refractivity contribution in [2.24, 2.45) is 11.5 Å². The molecule has 0 aromatic rings. The van der Waals surface area contributed by atoms with Crippen LogP contribution >= 0.6 is 0 Å². The van der Waals surface area contributed by atoms with Crippen molar-refractivity contribution in [2.75, 3.05) is 39.8 Å². The minimum atomic E-state index is 0.0497. The van der Waals surface area contributed by atoms with E-state index in [4.69, 9.17) is 11.5 Å². The molecule has 5 N–H and O–H groups in total. The summed E-state index contributed by atoms with van der Waals surface area (Å²) in [5.74, 6) is 0.771. The van der Waals surface area contributed by atoms with E-state index in [2.05, 4.69) is 15.1 Å². The van der Waals surface area contributed by atoms with Gasteiger partial charge in [-0.05, 0) is 19.1 Å². The first-order chi connectivity index (χ1) is 8.52. The van der Waals surface area contributed by atoms with E-state index >= 15 is 0 Å². The van der Waals surface area contributed by atoms with Crippen LogP contribution in [0.25, 0.3) is 0 Å². The number of carbonyl (C=O) groups is 1. The van der Waals surface area contributed by atoms with Crippen molar-refractivity contribution >= 4 is 5.91 Å². The van der Waals surface area contributed by atoms with E-state index in [0.717, 1.165) is 37.7 Å². The Balaban J connectivity index is 2.41. The number of piperazine rings is 1. The Labute approximate surface area is 108 Å². The lowest BCUT2D eigenvalue weighted by molar-refractivity contribution is -0.122. The fourth-order valence-electron chi connectivity index (χ4n) is 1.77. The van der Waals surface area contributed by atoms with E-state index in [1.54, 1.807) is 13.1 Å². The van der Waals surface area contributed by atoms with E-state index in [-0.39, 0.29) is 5.91 Å². The van der Waals surface area contributed by atoms with Crippen LogP contribution in [0.1, 0.15) is 6.92 Å². The number of amides is 1. The van der Waals surface area contributed by atoms with E-state index in [0.29, 0.717) is 6.54 Å². The van der Waals surface area contributed by atoms with Gasteiger partial charge in [-0.15, -0.1) is 0 Å². The lowest BCUT2D eigenvalue weighted by atomic mass is 10.3. The quantitative estimate of drug-likeness (QED) is 0.560. The third-order valence-electron chi connectivity index (χ3n) is 2.90. The Morgan fingerprint density at radius 3 is 2.33 bits per heavy atom. The molecular formula is C12H23N5O. The van der Waals surface area contributed by atoms with E-state index in [1.165, 1.54) is 0 Å². The summed E-state index contributed by atoms with van der Waals surface area (Å²) in [7, 11) is 1.65. The van der Waals surface area contributed by atoms with Gasteiger partial charge in [-0.1, -0.05) is 0 Å². The van der Waals surface area contributed by atoms with Crippen molar-refractivity contribution in [1.29, 1.82) is 0 Å². The number of allylic oxidation sites excluding steroid dienone is 3. The van der Waals surface area contributed by atoms with Crippen LogP contribution in [0.5, 0.6) is 0 Å². The summed E-state index contributed by atoms with van der Waals surface area (Å²) in [6.45, 7) is 5.62. The summed E-state index contributed by atoms with van der Waals surface area (Å²) in [4.78, 5) is 15.5. The predicted octanol–water partition coefficient (Wildman–Crippen LogP) is -0.987. The average Bonchev–Trinajstić information content (AvgIpc) is 2.36. The van der Waals surface area contributed by atoms with Gasteiger partial charge in [-0.2, -0.15) is 0 Å². The maximum absolute atomic E-state index is 11.2. The Kier molecular flexibility index (Phi) is 5.51. The summed E-state index contributed by atoms with van der Waals surface area (Å²) < 4.78 is 0. The summed E-state index contributed by atoms with van der Waals surface area (Å²) in [5.41, 5.74) is 12.2. The van der Waals surface area contributed by atoms with Gasteiger partial charge in [0.25, 0.3) is 0 Å². The molecule has 1 aliphatic heterocycles. The molecule has 0 radical (unpaired) electrons. The largest absolute Gasteiger partial charge is 0.402 e. The summed E-state index contributed by atoms with van der Waals surface area (Å²) in [6.07, 6.45) is 3.62. The van der Waals surface area contributed by atoms with Gasteiger partial charge >= 0.3 is 0 Å². The fraction of sp³-hybridized carbons (Fsp3) is 0.583. The monoisotopic (exact) mass is 253 g/mol. The summed E-state index contributed by atoms with van der Waals surface area (Å²) >= 11 is 0. The lowest BCUT2D eigenvalue weighted by Crippen LogP contribution is -2.49. The Morgan fingerprint density at radius 1 is 1.22 bits per heavy atom. The Bertz CT molecular complexity index is 338. The van der Waals surface area contributed by atoms with Crippen LogP contribution in [0.15, 0.2) is 23.7 Å². The van der Waals surface area contributed by atoms with Crippen LogP contribution in [-0.2, 0) is 4.79 Å². The number of carbonyl (C=O) groups excluding carboxylic acids is 1. The maximum atomic E-state index is 11.2. The molecule has 0 aromatic carbocycles. The van der Waals surface area contributed by atoms with Crippen molar-refractivity contribution in [3.05, 3.63) is 23.7 Å². The van der Waals surface area contributed by atoms with Gasteiger partial charge in [0.2, 0.25) is 5.91 Å². The molecule has 0 unspecified atom stereocenters. The number of hydrogen-bond donors (Lipinski definition) is 3. The first kappa shape index (κ1) is 14.4. The maximum Gasteiger partial charge on any atom is 0.233 e. The van der Waals surface area contributed by atoms with Gasteiger partial charge < -0.3 is 21.7 Å². The number of likely N-dealkylation sites (N-methyl/N-ethyl adjacent to an activating group) is 1. The van der Waals surface area contributed by atoms with Gasteiger partial charge in [0.05, 0.1) is 12.4 Å². The van der Waals surface area contributed by atoms with Gasteiger partial charge in [-0.25, -0.2) is 0 Å². The van der Waals surface area contributed by atoms with Crippen LogP contribution in [0, 0.1) is 0 Å². The van der Waals surface area contributed by atoms with E-state index < -0.39 is 0 Å². The molecule has 0 bridgehead atoms. The molecule has 1 rings (SSSR count). The second-order valence-corrected chi connectivity index (χ2v) is 4.44. The first-order valence-corrected chi connectivity index (χ1v) is 6.10. The number of nitrogens with zero attached hydrogens (tertiary/aromatic N) is 2. The zero-order valence-electron chi connectivity index (χ0n) is 11.1. The minimum absolute atomic E-state index is 0.0497. The average molecular weight is 253 g/mol. The Morgan fingerprint density at radius 2 is 1.83 bits per heavy atom. The smallest absolute Gasteiger partial charge is 0.233 e. The van der Waals surface area contributed by atoms with Crippen molar-refractivity contribution in [3.8, 4) is 0 Å². The van der Waals surface area contributed by atoms with Crippen molar-refractivity contribution in [1.82, 2.24) is 15.1 Å². The van der Waals surface area contributed by atoms with Crippen molar-refractivity contribution < 1.29 is 4.79 Å². The molecule has 18 heavy (non-hydrogen) atoms. The molecule has 1 fully saturated rings. The number of nitrogens with one attached hydrogen (secondary N) is 1. The molecule has 6 heteroatoms. The molecular weight excluding hydrogens is 230 g/mol. The molecule has 0 spiro atoms. The topological polar surface area (TPSA) is 87.6 Å². The standard InChI is InChI=1S/C12H23N5O/c1-10(13)3-4-11(14)17-7-5-16(6-8-17)9-12(18)15-2/h3-4H,5-9,13-14H2,1-2H3,(H,15,18)/b10-3-,11-4+. The molecule has 0 atom stereocenters. The Hall–Kier alpha value is -1.69. The van der Waals surface area contributed by atoms with Crippen LogP contribution in [0.3, 0.4) is 0 Å². The summed E-state index contributed by atoms with van der Waals surface area (Å²) in [6, 6.07) is 0. The van der Waals surface area contributed by atoms with Gasteiger partial charge in [0.15, 0.2) is 0 Å². The van der Waals surface area contributed by atoms with E-state index in [9.17, 15) is 4.79 Å². The fourth-order valence-corrected chi connectivity index (χ4v) is 1.77. The van der Waals surface area contributed by atoms with Crippen LogP contribution < -0.4 is 16.8 Å². The van der Waals surface area contributed by atoms with Crippen molar-refractivity contribution in [3.63, 3.8) is 0 Å². The molecule has 0 aliphatic carbocycles. The van der Waals surface area contributed by atoms with Gasteiger partial charge in [0.1, 0.15) is 0 Å². The third-order valence-corrected chi connectivity index (χ3v) is 2.90. The molecule has 0 saturated carbocycles. The number of hydrogen-bond acceptors (Lipinski definition) is 5. The third kappa shape index (κ3) is 4.67. The van der Waals surface area contributed by atoms with Gasteiger partial charge in [-0.3, -0.25) is 9.69 Å². The first-order valence-electron chi connectivity index (χ1n) is 6.10. The molecule has 102 valence electrons. The van der Waals surface area contributed by atoms with Crippen molar-refractivity contribution in [2.45, 2.75) is 6.92 Å². The second kappa shape index (κ2) is 6.90. The van der Waals surface area contributed by atoms with Crippen LogP contribution in [0.4, 0.5) is 0 Å². The van der Waals surface area contributed by atoms with Crippen LogP contribution in [-0.4, -0.2) is 55.5 Å². The molecule has 1 heterocycles. The molecule has 1 saturated heterocycles. The zero-order chi connectivity index (χ0) is 13.5. The predicted molar refractivity (Wildman–Crippen MR) is 72.3 cm³/mol. The van der Waals surface area contributed by atoms with E-state index in [1.807, 2.05) is 13.0 Å². The zero-order valence-corrected chi connectivity index (χ0v) is 11.1. The molecule has 1 aliphatic rings. The number of nitrogens with two attached hydrogens (primary N) is 2. The highest BCUT2D eigenvalue weighted by molar-refractivity contribution is 5.77. The SMILES string of the molecule is CNC(=O)CN1CCN(/C(N)=C/C=C(/C)N)CC1.